The molecule has 4 rings (SSSR count). The molecular formula is C28H29N3O3S. The van der Waals surface area contributed by atoms with Crippen molar-refractivity contribution in [1.82, 2.24) is 4.98 Å². The second kappa shape index (κ2) is 10.4. The molecule has 7 heteroatoms. The van der Waals surface area contributed by atoms with Crippen LogP contribution in [0.15, 0.2) is 82.1 Å². The van der Waals surface area contributed by atoms with E-state index in [9.17, 15) is 9.59 Å². The molecule has 35 heavy (non-hydrogen) atoms. The summed E-state index contributed by atoms with van der Waals surface area (Å²) in [6.07, 6.45) is 0.439. The second-order valence-corrected chi connectivity index (χ2v) is 11.0. The summed E-state index contributed by atoms with van der Waals surface area (Å²) in [5.74, 6) is 0.418. The molecule has 0 saturated heterocycles. The van der Waals surface area contributed by atoms with Crippen molar-refractivity contribution in [3.63, 3.8) is 0 Å². The molecular weight excluding hydrogens is 458 g/mol. The number of nitrogens with one attached hydrogen (secondary N) is 2. The number of aromatic nitrogens is 1. The first-order chi connectivity index (χ1) is 16.7. The van der Waals surface area contributed by atoms with E-state index in [1.54, 1.807) is 0 Å². The number of benzene rings is 3. The van der Waals surface area contributed by atoms with Crippen LogP contribution in [0.5, 0.6) is 0 Å². The van der Waals surface area contributed by atoms with E-state index in [0.29, 0.717) is 18.0 Å². The van der Waals surface area contributed by atoms with E-state index < -0.39 is 0 Å². The Morgan fingerprint density at radius 1 is 0.943 bits per heavy atom. The summed E-state index contributed by atoms with van der Waals surface area (Å²) < 4.78 is 5.81. The van der Waals surface area contributed by atoms with Gasteiger partial charge in [-0.1, -0.05) is 39.0 Å². The minimum absolute atomic E-state index is 0.0215. The molecule has 2 N–H and O–H groups in total. The molecule has 6 nitrogen and oxygen atoms in total. The van der Waals surface area contributed by atoms with Crippen LogP contribution in [-0.4, -0.2) is 22.0 Å². The van der Waals surface area contributed by atoms with E-state index in [1.807, 2.05) is 100 Å². The molecule has 180 valence electrons. The largest absolute Gasteiger partial charge is 0.436 e. The number of thioether (sulfide) groups is 1. The average molecular weight is 488 g/mol. The van der Waals surface area contributed by atoms with Crippen LogP contribution < -0.4 is 10.6 Å². The van der Waals surface area contributed by atoms with Gasteiger partial charge in [-0.25, -0.2) is 4.98 Å². The molecule has 0 fully saturated rings. The SMILES string of the molecule is CC(Sc1cccc(NC(=O)CC(C)(C)C)c1)C(=O)Nc1ccc(-c2nc3ccccc3o2)cc1. The topological polar surface area (TPSA) is 84.2 Å². The zero-order chi connectivity index (χ0) is 25.0. The van der Waals surface area contributed by atoms with Crippen molar-refractivity contribution in [2.75, 3.05) is 10.6 Å². The van der Waals surface area contributed by atoms with Crippen molar-refractivity contribution in [1.29, 1.82) is 0 Å². The fraction of sp³-hybridized carbons (Fsp3) is 0.250. The van der Waals surface area contributed by atoms with Gasteiger partial charge in [0.25, 0.3) is 0 Å². The zero-order valence-corrected chi connectivity index (χ0v) is 21.1. The molecule has 4 aromatic rings. The molecule has 1 atom stereocenters. The van der Waals surface area contributed by atoms with E-state index in [0.717, 1.165) is 27.2 Å². The Labute approximate surface area is 209 Å². The lowest BCUT2D eigenvalue weighted by Crippen LogP contribution is -2.22. The highest BCUT2D eigenvalue weighted by molar-refractivity contribution is 8.00. The normalized spacial score (nSPS) is 12.3. The minimum Gasteiger partial charge on any atom is -0.436 e. The number of carbonyl (C=O) groups is 2. The Morgan fingerprint density at radius 3 is 2.40 bits per heavy atom. The van der Waals surface area contributed by atoms with Gasteiger partial charge in [-0.3, -0.25) is 9.59 Å². The van der Waals surface area contributed by atoms with Crippen LogP contribution in [0.2, 0.25) is 0 Å². The minimum atomic E-state index is -0.327. The van der Waals surface area contributed by atoms with Crippen LogP contribution in [0, 0.1) is 5.41 Å². The summed E-state index contributed by atoms with van der Waals surface area (Å²) >= 11 is 1.44. The summed E-state index contributed by atoms with van der Waals surface area (Å²) in [4.78, 5) is 30.4. The lowest BCUT2D eigenvalue weighted by molar-refractivity contribution is -0.118. The number of anilines is 2. The van der Waals surface area contributed by atoms with Gasteiger partial charge in [0, 0.05) is 28.3 Å². The standard InChI is InChI=1S/C28H29N3O3S/c1-18(35-22-9-7-8-21(16-22)29-25(32)17-28(2,3)4)26(33)30-20-14-12-19(13-15-20)27-31-23-10-5-6-11-24(23)34-27/h5-16,18H,17H2,1-4H3,(H,29,32)(H,30,33). The fourth-order valence-corrected chi connectivity index (χ4v) is 4.45. The van der Waals surface area contributed by atoms with Gasteiger partial charge in [0.15, 0.2) is 5.58 Å². The summed E-state index contributed by atoms with van der Waals surface area (Å²) in [6.45, 7) is 7.95. The molecule has 0 radical (unpaired) electrons. The van der Waals surface area contributed by atoms with Crippen molar-refractivity contribution in [2.45, 2.75) is 44.3 Å². The molecule has 1 unspecified atom stereocenters. The molecule has 1 heterocycles. The molecule has 2 amide bonds. The highest BCUT2D eigenvalue weighted by Crippen LogP contribution is 2.28. The quantitative estimate of drug-likeness (QED) is 0.275. The Kier molecular flexibility index (Phi) is 7.26. The smallest absolute Gasteiger partial charge is 0.237 e. The van der Waals surface area contributed by atoms with Gasteiger partial charge in [0.1, 0.15) is 5.52 Å². The summed E-state index contributed by atoms with van der Waals surface area (Å²) in [6, 6.07) is 22.6. The number of oxazole rings is 1. The molecule has 3 aromatic carbocycles. The van der Waals surface area contributed by atoms with Crippen LogP contribution in [0.3, 0.4) is 0 Å². The number of hydrogen-bond donors (Lipinski definition) is 2. The third-order valence-corrected chi connectivity index (χ3v) is 6.28. The average Bonchev–Trinajstić information content (AvgIpc) is 3.23. The van der Waals surface area contributed by atoms with Gasteiger partial charge in [-0.2, -0.15) is 0 Å². The van der Waals surface area contributed by atoms with E-state index in [2.05, 4.69) is 15.6 Å². The maximum atomic E-state index is 12.8. The third kappa shape index (κ3) is 6.73. The lowest BCUT2D eigenvalue weighted by Gasteiger charge is -2.17. The van der Waals surface area contributed by atoms with Gasteiger partial charge in [0.2, 0.25) is 17.7 Å². The van der Waals surface area contributed by atoms with Gasteiger partial charge in [-0.05, 0) is 66.9 Å². The molecule has 0 aliphatic heterocycles. The van der Waals surface area contributed by atoms with Crippen LogP contribution in [0.1, 0.15) is 34.1 Å². The predicted molar refractivity (Wildman–Crippen MR) is 143 cm³/mol. The molecule has 0 aliphatic rings. The Morgan fingerprint density at radius 2 is 1.69 bits per heavy atom. The summed E-state index contributed by atoms with van der Waals surface area (Å²) in [7, 11) is 0. The first-order valence-corrected chi connectivity index (χ1v) is 12.4. The van der Waals surface area contributed by atoms with Gasteiger partial charge >= 0.3 is 0 Å². The highest BCUT2D eigenvalue weighted by atomic mass is 32.2. The van der Waals surface area contributed by atoms with Crippen molar-refractivity contribution in [2.24, 2.45) is 5.41 Å². The molecule has 0 bridgehead atoms. The Bertz CT molecular complexity index is 1310. The summed E-state index contributed by atoms with van der Waals surface area (Å²) in [5.41, 5.74) is 3.74. The second-order valence-electron chi connectivity index (χ2n) is 9.63. The Balaban J connectivity index is 1.35. The molecule has 0 spiro atoms. The van der Waals surface area contributed by atoms with Crippen LogP contribution in [0.4, 0.5) is 11.4 Å². The molecule has 0 aliphatic carbocycles. The van der Waals surface area contributed by atoms with Gasteiger partial charge in [0.05, 0.1) is 5.25 Å². The maximum absolute atomic E-state index is 12.8. The lowest BCUT2D eigenvalue weighted by atomic mass is 9.92. The highest BCUT2D eigenvalue weighted by Gasteiger charge is 2.18. The van der Waals surface area contributed by atoms with E-state index in [-0.39, 0.29) is 22.5 Å². The maximum Gasteiger partial charge on any atom is 0.237 e. The fourth-order valence-electron chi connectivity index (χ4n) is 3.53. The molecule has 0 saturated carbocycles. The van der Waals surface area contributed by atoms with Gasteiger partial charge < -0.3 is 15.1 Å². The first-order valence-electron chi connectivity index (χ1n) is 11.5. The van der Waals surface area contributed by atoms with Crippen molar-refractivity contribution in [3.8, 4) is 11.5 Å². The van der Waals surface area contributed by atoms with Crippen molar-refractivity contribution in [3.05, 3.63) is 72.8 Å². The van der Waals surface area contributed by atoms with E-state index in [4.69, 9.17) is 4.42 Å². The monoisotopic (exact) mass is 487 g/mol. The predicted octanol–water partition coefficient (Wildman–Crippen LogP) is 6.99. The number of rotatable bonds is 7. The van der Waals surface area contributed by atoms with Crippen LogP contribution in [0.25, 0.3) is 22.6 Å². The van der Waals surface area contributed by atoms with Crippen molar-refractivity contribution < 1.29 is 14.0 Å². The van der Waals surface area contributed by atoms with Crippen molar-refractivity contribution >= 4 is 46.1 Å². The molecule has 1 aromatic heterocycles. The number of hydrogen-bond acceptors (Lipinski definition) is 5. The number of fused-ring (bicyclic) bond motifs is 1. The van der Waals surface area contributed by atoms with Crippen LogP contribution in [-0.2, 0) is 9.59 Å². The Hall–Kier alpha value is -3.58. The first kappa shape index (κ1) is 24.5. The number of amides is 2. The third-order valence-electron chi connectivity index (χ3n) is 5.18. The zero-order valence-electron chi connectivity index (χ0n) is 20.3. The van der Waals surface area contributed by atoms with E-state index in [1.165, 1.54) is 11.8 Å². The van der Waals surface area contributed by atoms with Crippen LogP contribution >= 0.6 is 11.8 Å². The number of para-hydroxylation sites is 2. The van der Waals surface area contributed by atoms with E-state index >= 15 is 0 Å². The van der Waals surface area contributed by atoms with Gasteiger partial charge in [-0.15, -0.1) is 11.8 Å². The number of nitrogens with zero attached hydrogens (tertiary/aromatic N) is 1. The number of carbonyl (C=O) groups excluding carboxylic acids is 2. The summed E-state index contributed by atoms with van der Waals surface area (Å²) in [5, 5.41) is 5.58.